The molecule has 2 atom stereocenters. The normalized spacial score (nSPS) is 21.9. The van der Waals surface area contributed by atoms with E-state index in [0.29, 0.717) is 11.7 Å². The molecule has 0 saturated carbocycles. The summed E-state index contributed by atoms with van der Waals surface area (Å²) in [5.41, 5.74) is 5.98. The molecular weight excluding hydrogens is 416 g/mol. The van der Waals surface area contributed by atoms with Crippen LogP contribution in [0, 0.1) is 0 Å². The Labute approximate surface area is 194 Å². The van der Waals surface area contributed by atoms with Crippen molar-refractivity contribution in [3.8, 4) is 0 Å². The molecule has 0 aliphatic carbocycles. The van der Waals surface area contributed by atoms with Crippen molar-refractivity contribution < 1.29 is 4.42 Å². The summed E-state index contributed by atoms with van der Waals surface area (Å²) in [4.78, 5) is 9.20. The number of furan rings is 1. The van der Waals surface area contributed by atoms with E-state index in [9.17, 15) is 0 Å². The molecule has 32 heavy (non-hydrogen) atoms. The topological polar surface area (TPSA) is 44.5 Å². The SMILES string of the molecule is CC1=CC(C)(C)N(C)c2ccc([C@H]3[C@@H](c4ccccn4)NC(=S)N3Cc3ccco3)cc21. The number of nitrogens with zero attached hydrogens (tertiary/aromatic N) is 3. The quantitative estimate of drug-likeness (QED) is 0.538. The average molecular weight is 445 g/mol. The molecule has 0 spiro atoms. The molecular formula is C26H28N4OS. The Morgan fingerprint density at radius 3 is 2.72 bits per heavy atom. The van der Waals surface area contributed by atoms with Gasteiger partial charge in [-0.05, 0) is 80.5 Å². The van der Waals surface area contributed by atoms with E-state index in [1.54, 1.807) is 6.26 Å². The molecule has 2 aliphatic heterocycles. The fourth-order valence-corrected chi connectivity index (χ4v) is 5.18. The first-order valence-electron chi connectivity index (χ1n) is 10.9. The van der Waals surface area contributed by atoms with Crippen LogP contribution in [0.2, 0.25) is 0 Å². The van der Waals surface area contributed by atoms with Crippen LogP contribution in [-0.4, -0.2) is 27.6 Å². The molecule has 1 fully saturated rings. The van der Waals surface area contributed by atoms with Crippen LogP contribution in [0.15, 0.2) is 71.5 Å². The highest BCUT2D eigenvalue weighted by Gasteiger charge is 2.40. The minimum Gasteiger partial charge on any atom is -0.467 e. The number of hydrogen-bond acceptors (Lipinski definition) is 4. The molecule has 1 N–H and O–H groups in total. The number of benzene rings is 1. The highest BCUT2D eigenvalue weighted by atomic mass is 32.1. The zero-order valence-electron chi connectivity index (χ0n) is 18.9. The highest BCUT2D eigenvalue weighted by molar-refractivity contribution is 7.80. The third kappa shape index (κ3) is 3.48. The number of anilines is 1. The summed E-state index contributed by atoms with van der Waals surface area (Å²) in [6.07, 6.45) is 5.88. The van der Waals surface area contributed by atoms with Gasteiger partial charge in [-0.25, -0.2) is 0 Å². The lowest BCUT2D eigenvalue weighted by molar-refractivity contribution is 0.287. The van der Waals surface area contributed by atoms with Gasteiger partial charge in [0, 0.05) is 24.5 Å². The second-order valence-corrected chi connectivity index (χ2v) is 9.54. The van der Waals surface area contributed by atoms with Gasteiger partial charge in [0.05, 0.1) is 36.1 Å². The molecule has 0 radical (unpaired) electrons. The van der Waals surface area contributed by atoms with Crippen LogP contribution in [0.1, 0.15) is 55.4 Å². The van der Waals surface area contributed by atoms with Gasteiger partial charge < -0.3 is 19.5 Å². The maximum absolute atomic E-state index is 5.79. The van der Waals surface area contributed by atoms with Crippen LogP contribution in [-0.2, 0) is 6.54 Å². The molecule has 2 aliphatic rings. The third-order valence-corrected chi connectivity index (χ3v) is 7.04. The second-order valence-electron chi connectivity index (χ2n) is 9.15. The van der Waals surface area contributed by atoms with Crippen LogP contribution < -0.4 is 10.2 Å². The Morgan fingerprint density at radius 2 is 2.00 bits per heavy atom. The first-order valence-corrected chi connectivity index (χ1v) is 11.3. The van der Waals surface area contributed by atoms with Crippen molar-refractivity contribution in [2.45, 2.75) is 44.9 Å². The molecule has 4 heterocycles. The maximum atomic E-state index is 5.79. The number of fused-ring (bicyclic) bond motifs is 1. The Kier molecular flexibility index (Phi) is 5.05. The number of aromatic nitrogens is 1. The summed E-state index contributed by atoms with van der Waals surface area (Å²) >= 11 is 5.79. The average Bonchev–Trinajstić information content (AvgIpc) is 3.41. The van der Waals surface area contributed by atoms with Crippen LogP contribution in [0.3, 0.4) is 0 Å². The molecule has 5 rings (SSSR count). The number of nitrogens with one attached hydrogen (secondary N) is 1. The molecule has 6 heteroatoms. The molecule has 1 saturated heterocycles. The number of hydrogen-bond donors (Lipinski definition) is 1. The van der Waals surface area contributed by atoms with Gasteiger partial charge in [0.2, 0.25) is 0 Å². The van der Waals surface area contributed by atoms with Gasteiger partial charge in [-0.1, -0.05) is 18.2 Å². The zero-order chi connectivity index (χ0) is 22.5. The number of pyridine rings is 1. The van der Waals surface area contributed by atoms with E-state index < -0.39 is 0 Å². The van der Waals surface area contributed by atoms with Gasteiger partial charge in [-0.3, -0.25) is 4.98 Å². The minimum atomic E-state index is -0.0428. The predicted molar refractivity (Wildman–Crippen MR) is 132 cm³/mol. The van der Waals surface area contributed by atoms with Gasteiger partial charge in [0.15, 0.2) is 5.11 Å². The molecule has 164 valence electrons. The molecule has 0 amide bonds. The standard InChI is InChI=1S/C26H28N4OS/c1-17-15-26(2,3)29(4)22-11-10-18(14-20(17)22)24-23(21-9-5-6-12-27-21)28-25(32)30(24)16-19-8-7-13-31-19/h5-15,23-24H,16H2,1-4H3,(H,28,32)/t23-,24+/m1/s1. The monoisotopic (exact) mass is 444 g/mol. The number of allylic oxidation sites excluding steroid dienone is 1. The molecule has 2 aromatic heterocycles. The van der Waals surface area contributed by atoms with E-state index in [1.807, 2.05) is 30.5 Å². The molecule has 0 unspecified atom stereocenters. The van der Waals surface area contributed by atoms with Gasteiger partial charge in [-0.2, -0.15) is 0 Å². The van der Waals surface area contributed by atoms with Crippen molar-refractivity contribution in [2.75, 3.05) is 11.9 Å². The van der Waals surface area contributed by atoms with Gasteiger partial charge in [-0.15, -0.1) is 0 Å². The Hall–Kier alpha value is -3.12. The highest BCUT2D eigenvalue weighted by Crippen LogP contribution is 2.44. The maximum Gasteiger partial charge on any atom is 0.170 e. The van der Waals surface area contributed by atoms with Crippen molar-refractivity contribution in [1.82, 2.24) is 15.2 Å². The van der Waals surface area contributed by atoms with Gasteiger partial charge >= 0.3 is 0 Å². The number of likely N-dealkylation sites (N-methyl/N-ethyl adjacent to an activating group) is 1. The van der Waals surface area contributed by atoms with E-state index >= 15 is 0 Å². The summed E-state index contributed by atoms with van der Waals surface area (Å²) in [6.45, 7) is 7.29. The van der Waals surface area contributed by atoms with E-state index in [2.05, 4.69) is 78.3 Å². The molecule has 0 bridgehead atoms. The third-order valence-electron chi connectivity index (χ3n) is 6.69. The Balaban J connectivity index is 1.60. The molecule has 5 nitrogen and oxygen atoms in total. The largest absolute Gasteiger partial charge is 0.467 e. The van der Waals surface area contributed by atoms with E-state index in [0.717, 1.165) is 11.5 Å². The zero-order valence-corrected chi connectivity index (χ0v) is 19.7. The number of thiocarbonyl (C=S) groups is 1. The smallest absolute Gasteiger partial charge is 0.170 e. The molecule has 3 aromatic rings. The van der Waals surface area contributed by atoms with Crippen molar-refractivity contribution in [3.05, 3.63) is 89.6 Å². The van der Waals surface area contributed by atoms with Crippen LogP contribution >= 0.6 is 12.2 Å². The van der Waals surface area contributed by atoms with E-state index in [1.165, 1.54) is 22.4 Å². The van der Waals surface area contributed by atoms with Crippen molar-refractivity contribution in [3.63, 3.8) is 0 Å². The first kappa shape index (κ1) is 20.8. The summed E-state index contributed by atoms with van der Waals surface area (Å²) in [6, 6.07) is 16.7. The summed E-state index contributed by atoms with van der Waals surface area (Å²) < 4.78 is 5.65. The van der Waals surface area contributed by atoms with Crippen LogP contribution in [0.5, 0.6) is 0 Å². The lowest BCUT2D eigenvalue weighted by Gasteiger charge is -2.41. The van der Waals surface area contributed by atoms with E-state index in [-0.39, 0.29) is 17.6 Å². The fraction of sp³-hybridized carbons (Fsp3) is 0.308. The van der Waals surface area contributed by atoms with Crippen LogP contribution in [0.25, 0.3) is 5.57 Å². The van der Waals surface area contributed by atoms with E-state index in [4.69, 9.17) is 16.6 Å². The summed E-state index contributed by atoms with van der Waals surface area (Å²) in [5, 5.41) is 4.24. The Morgan fingerprint density at radius 1 is 1.16 bits per heavy atom. The van der Waals surface area contributed by atoms with Crippen LogP contribution in [0.4, 0.5) is 5.69 Å². The predicted octanol–water partition coefficient (Wildman–Crippen LogP) is 5.48. The summed E-state index contributed by atoms with van der Waals surface area (Å²) in [7, 11) is 2.16. The summed E-state index contributed by atoms with van der Waals surface area (Å²) in [5.74, 6) is 0.886. The first-order chi connectivity index (χ1) is 15.3. The van der Waals surface area contributed by atoms with Gasteiger partial charge in [0.25, 0.3) is 0 Å². The lowest BCUT2D eigenvalue weighted by atomic mass is 9.86. The number of rotatable bonds is 4. The minimum absolute atomic E-state index is 0.000780. The second kappa shape index (κ2) is 7.78. The van der Waals surface area contributed by atoms with Crippen molar-refractivity contribution >= 4 is 28.6 Å². The van der Waals surface area contributed by atoms with Crippen molar-refractivity contribution in [2.24, 2.45) is 0 Å². The lowest BCUT2D eigenvalue weighted by Crippen LogP contribution is -2.42. The van der Waals surface area contributed by atoms with Gasteiger partial charge in [0.1, 0.15) is 5.76 Å². The fourth-order valence-electron chi connectivity index (χ4n) is 4.87. The Bertz CT molecular complexity index is 1170. The van der Waals surface area contributed by atoms with Crippen molar-refractivity contribution in [1.29, 1.82) is 0 Å². The molecule has 1 aromatic carbocycles.